The van der Waals surface area contributed by atoms with Gasteiger partial charge in [0.15, 0.2) is 0 Å². The lowest BCUT2D eigenvalue weighted by atomic mass is 10.1. The number of nitrogens with zero attached hydrogens (tertiary/aromatic N) is 2. The number of anilines is 1. The van der Waals surface area contributed by atoms with Crippen LogP contribution in [0.15, 0.2) is 12.3 Å². The quantitative estimate of drug-likeness (QED) is 0.627. The highest BCUT2D eigenvalue weighted by Gasteiger charge is 2.08. The highest BCUT2D eigenvalue weighted by Crippen LogP contribution is 2.17. The summed E-state index contributed by atoms with van der Waals surface area (Å²) in [5.41, 5.74) is 12.4. The van der Waals surface area contributed by atoms with Crippen LogP contribution in [0.25, 0.3) is 0 Å². The lowest BCUT2D eigenvalue weighted by Crippen LogP contribution is -2.11. The Morgan fingerprint density at radius 3 is 2.93 bits per heavy atom. The molecular weight excluding hydrogens is 180 g/mol. The van der Waals surface area contributed by atoms with E-state index in [1.54, 1.807) is 6.07 Å². The van der Waals surface area contributed by atoms with Gasteiger partial charge in [0, 0.05) is 17.8 Å². The Labute approximate surface area is 82.0 Å². The van der Waals surface area contributed by atoms with E-state index in [9.17, 15) is 0 Å². The number of hydrogen-bond acceptors (Lipinski definition) is 5. The monoisotopic (exact) mass is 192 g/mol. The van der Waals surface area contributed by atoms with Gasteiger partial charge in [0.25, 0.3) is 0 Å². The number of rotatable bonds is 3. The van der Waals surface area contributed by atoms with Crippen molar-refractivity contribution in [1.82, 2.24) is 4.98 Å². The summed E-state index contributed by atoms with van der Waals surface area (Å²) in [6.45, 7) is -0.175. The molecule has 5 nitrogen and oxygen atoms in total. The summed E-state index contributed by atoms with van der Waals surface area (Å²) in [6, 6.07) is 3.27. The van der Waals surface area contributed by atoms with E-state index >= 15 is 0 Å². The van der Waals surface area contributed by atoms with Crippen LogP contribution >= 0.6 is 0 Å². The third-order valence-electron chi connectivity index (χ3n) is 1.93. The summed E-state index contributed by atoms with van der Waals surface area (Å²) in [7, 11) is 0. The summed E-state index contributed by atoms with van der Waals surface area (Å²) >= 11 is 0. The van der Waals surface area contributed by atoms with Gasteiger partial charge >= 0.3 is 0 Å². The fraction of sp³-hybridized carbons (Fsp3) is 0.333. The van der Waals surface area contributed by atoms with Crippen molar-refractivity contribution in [2.75, 3.05) is 5.73 Å². The maximum atomic E-state index is 8.93. The van der Waals surface area contributed by atoms with Crippen LogP contribution in [0.3, 0.4) is 0 Å². The van der Waals surface area contributed by atoms with E-state index in [1.807, 2.05) is 6.07 Å². The average Bonchev–Trinajstić information content (AvgIpc) is 2.19. The Morgan fingerprint density at radius 2 is 2.36 bits per heavy atom. The number of aliphatic hydroxyl groups excluding tert-OH is 1. The summed E-state index contributed by atoms with van der Waals surface area (Å²) in [5.74, 6) is 0.292. The zero-order chi connectivity index (χ0) is 10.6. The summed E-state index contributed by atoms with van der Waals surface area (Å²) in [4.78, 5) is 3.88. The molecule has 0 bridgehead atoms. The van der Waals surface area contributed by atoms with Crippen molar-refractivity contribution >= 4 is 5.82 Å². The molecule has 0 aromatic carbocycles. The Balaban J connectivity index is 2.95. The lowest BCUT2D eigenvalue weighted by molar-refractivity contribution is 0.282. The predicted octanol–water partition coefficient (Wildman–Crippen LogP) is 0.0696. The number of nitrogen functional groups attached to an aromatic ring is 1. The van der Waals surface area contributed by atoms with E-state index in [0.29, 0.717) is 16.9 Å². The first-order valence-electron chi connectivity index (χ1n) is 4.16. The van der Waals surface area contributed by atoms with E-state index in [-0.39, 0.29) is 19.1 Å². The van der Waals surface area contributed by atoms with Gasteiger partial charge in [-0.25, -0.2) is 4.98 Å². The third-order valence-corrected chi connectivity index (χ3v) is 1.93. The summed E-state index contributed by atoms with van der Waals surface area (Å²) in [6.07, 6.45) is 1.74. The fourth-order valence-electron chi connectivity index (χ4n) is 1.09. The number of pyridine rings is 1. The highest BCUT2D eigenvalue weighted by molar-refractivity contribution is 5.41. The maximum absolute atomic E-state index is 8.93. The first-order valence-corrected chi connectivity index (χ1v) is 4.16. The number of aliphatic hydroxyl groups is 1. The van der Waals surface area contributed by atoms with E-state index in [2.05, 4.69) is 4.98 Å². The van der Waals surface area contributed by atoms with Crippen LogP contribution in [0.1, 0.15) is 23.6 Å². The molecular formula is C9H12N4O. The Kier molecular flexibility index (Phi) is 3.40. The summed E-state index contributed by atoms with van der Waals surface area (Å²) in [5, 5.41) is 17.4. The number of hydrogen-bond donors (Lipinski definition) is 3. The SMILES string of the molecule is N#CC[C@@H](N)c1cnc(N)c(CO)c1. The molecule has 1 aromatic heterocycles. The zero-order valence-corrected chi connectivity index (χ0v) is 7.64. The van der Waals surface area contributed by atoms with Gasteiger partial charge in [-0.15, -0.1) is 0 Å². The third kappa shape index (κ3) is 2.19. The smallest absolute Gasteiger partial charge is 0.128 e. The predicted molar refractivity (Wildman–Crippen MR) is 51.7 cm³/mol. The second-order valence-electron chi connectivity index (χ2n) is 2.94. The van der Waals surface area contributed by atoms with Crippen molar-refractivity contribution in [1.29, 1.82) is 5.26 Å². The largest absolute Gasteiger partial charge is 0.392 e. The number of nitriles is 1. The van der Waals surface area contributed by atoms with Crippen LogP contribution < -0.4 is 11.5 Å². The molecule has 0 fully saturated rings. The van der Waals surface area contributed by atoms with Gasteiger partial charge in [0.2, 0.25) is 0 Å². The lowest BCUT2D eigenvalue weighted by Gasteiger charge is -2.09. The van der Waals surface area contributed by atoms with Gasteiger partial charge in [-0.3, -0.25) is 0 Å². The van der Waals surface area contributed by atoms with E-state index in [0.717, 1.165) is 0 Å². The van der Waals surface area contributed by atoms with E-state index in [1.165, 1.54) is 6.20 Å². The van der Waals surface area contributed by atoms with Crippen molar-refractivity contribution in [3.8, 4) is 6.07 Å². The normalized spacial score (nSPS) is 12.1. The van der Waals surface area contributed by atoms with Gasteiger partial charge in [0.1, 0.15) is 5.82 Å². The molecule has 0 aliphatic carbocycles. The van der Waals surface area contributed by atoms with Crippen molar-refractivity contribution in [2.45, 2.75) is 19.1 Å². The first-order chi connectivity index (χ1) is 6.69. The minimum absolute atomic E-state index is 0.175. The van der Waals surface area contributed by atoms with Gasteiger partial charge in [-0.1, -0.05) is 0 Å². The van der Waals surface area contributed by atoms with Crippen LogP contribution in [0, 0.1) is 11.3 Å². The molecule has 5 N–H and O–H groups in total. The van der Waals surface area contributed by atoms with Crippen molar-refractivity contribution in [3.63, 3.8) is 0 Å². The average molecular weight is 192 g/mol. The second kappa shape index (κ2) is 4.56. The molecule has 74 valence electrons. The molecule has 0 saturated heterocycles. The van der Waals surface area contributed by atoms with Gasteiger partial charge in [-0.05, 0) is 11.6 Å². The van der Waals surface area contributed by atoms with Gasteiger partial charge in [-0.2, -0.15) is 5.26 Å². The van der Waals surface area contributed by atoms with Crippen molar-refractivity contribution in [2.24, 2.45) is 5.73 Å². The molecule has 5 heteroatoms. The molecule has 1 heterocycles. The van der Waals surface area contributed by atoms with E-state index in [4.69, 9.17) is 21.8 Å². The second-order valence-corrected chi connectivity index (χ2v) is 2.94. The first kappa shape index (κ1) is 10.4. The zero-order valence-electron chi connectivity index (χ0n) is 7.64. The standard InChI is InChI=1S/C9H12N4O/c10-2-1-8(11)6-3-7(5-14)9(12)13-4-6/h3-4,8,14H,1,5,11H2,(H2,12,13)/t8-/m1/s1. The molecule has 0 radical (unpaired) electrons. The topological polar surface area (TPSA) is 109 Å². The molecule has 0 aliphatic heterocycles. The number of aromatic nitrogens is 1. The van der Waals surface area contributed by atoms with Crippen LogP contribution in [0.2, 0.25) is 0 Å². The Hall–Kier alpha value is -1.64. The highest BCUT2D eigenvalue weighted by atomic mass is 16.3. The van der Waals surface area contributed by atoms with Crippen LogP contribution in [0.5, 0.6) is 0 Å². The molecule has 1 aromatic rings. The molecule has 0 aliphatic rings. The minimum Gasteiger partial charge on any atom is -0.392 e. The molecule has 1 atom stereocenters. The number of nitrogens with two attached hydrogens (primary N) is 2. The molecule has 1 rings (SSSR count). The van der Waals surface area contributed by atoms with Crippen molar-refractivity contribution < 1.29 is 5.11 Å². The molecule has 0 spiro atoms. The Morgan fingerprint density at radius 1 is 1.64 bits per heavy atom. The summed E-state index contributed by atoms with van der Waals surface area (Å²) < 4.78 is 0. The van der Waals surface area contributed by atoms with Crippen LogP contribution in [-0.2, 0) is 6.61 Å². The molecule has 0 amide bonds. The molecule has 14 heavy (non-hydrogen) atoms. The molecule has 0 saturated carbocycles. The van der Waals surface area contributed by atoms with Crippen molar-refractivity contribution in [3.05, 3.63) is 23.4 Å². The van der Waals surface area contributed by atoms with Crippen LogP contribution in [0.4, 0.5) is 5.82 Å². The van der Waals surface area contributed by atoms with Gasteiger partial charge < -0.3 is 16.6 Å². The van der Waals surface area contributed by atoms with Gasteiger partial charge in [0.05, 0.1) is 19.1 Å². The Bertz CT molecular complexity index is 358. The van der Waals surface area contributed by atoms with E-state index < -0.39 is 0 Å². The molecule has 0 unspecified atom stereocenters. The van der Waals surface area contributed by atoms with Crippen LogP contribution in [-0.4, -0.2) is 10.1 Å². The fourth-order valence-corrected chi connectivity index (χ4v) is 1.09. The minimum atomic E-state index is -0.376. The maximum Gasteiger partial charge on any atom is 0.128 e.